The van der Waals surface area contributed by atoms with E-state index in [1.54, 1.807) is 36.6 Å². The van der Waals surface area contributed by atoms with E-state index in [4.69, 9.17) is 9.47 Å². The molecule has 1 amide bonds. The summed E-state index contributed by atoms with van der Waals surface area (Å²) in [6.45, 7) is 2.24. The number of aromatic amines is 1. The predicted octanol–water partition coefficient (Wildman–Crippen LogP) is 3.86. The molecule has 2 N–H and O–H groups in total. The van der Waals surface area contributed by atoms with Gasteiger partial charge in [0.05, 0.1) is 31.0 Å². The molecular weight excluding hydrogens is 422 g/mol. The maximum absolute atomic E-state index is 12.7. The number of benzene rings is 1. The Kier molecular flexibility index (Phi) is 6.01. The molecule has 7 nitrogen and oxygen atoms in total. The summed E-state index contributed by atoms with van der Waals surface area (Å²) in [5.74, 6) is 1.69. The normalized spacial score (nSPS) is 15.6. The molecule has 3 aromatic rings. The van der Waals surface area contributed by atoms with Crippen LogP contribution in [0.4, 0.5) is 5.69 Å². The molecule has 9 heteroatoms. The Morgan fingerprint density at radius 2 is 2.20 bits per heavy atom. The third-order valence-electron chi connectivity index (χ3n) is 5.17. The minimum Gasteiger partial charge on any atom is -0.497 e. The summed E-state index contributed by atoms with van der Waals surface area (Å²) >= 11 is 2.81. The van der Waals surface area contributed by atoms with Gasteiger partial charge in [-0.2, -0.15) is 0 Å². The zero-order valence-electron chi connectivity index (χ0n) is 17.0. The molecule has 158 valence electrons. The van der Waals surface area contributed by atoms with E-state index in [-0.39, 0.29) is 17.2 Å². The smallest absolute Gasteiger partial charge is 0.260 e. The molecular formula is C21H23N3O4S2. The number of rotatable bonds is 6. The van der Waals surface area contributed by atoms with E-state index in [1.165, 1.54) is 23.7 Å². The van der Waals surface area contributed by atoms with Gasteiger partial charge in [0.2, 0.25) is 5.91 Å². The highest BCUT2D eigenvalue weighted by atomic mass is 32.2. The zero-order chi connectivity index (χ0) is 21.3. The molecule has 30 heavy (non-hydrogen) atoms. The van der Waals surface area contributed by atoms with Gasteiger partial charge in [0.25, 0.3) is 5.56 Å². The van der Waals surface area contributed by atoms with Crippen molar-refractivity contribution in [1.82, 2.24) is 9.97 Å². The average Bonchev–Trinajstić information content (AvgIpc) is 3.10. The van der Waals surface area contributed by atoms with Gasteiger partial charge in [0.1, 0.15) is 16.3 Å². The standard InChI is InChI=1S/C21H23N3O4S2/c1-11-4-6-13-16(8-11)30-20-18(13)19(26)23-21(24-20)29-10-17(25)22-14-7-5-12(27-2)9-15(14)28-3/h5,7,9,11H,4,6,8,10H2,1-3H3,(H,22,25)(H,23,24,26)/t11-/m1/s1. The quantitative estimate of drug-likeness (QED) is 0.442. The van der Waals surface area contributed by atoms with Crippen LogP contribution >= 0.6 is 23.1 Å². The number of amides is 1. The maximum Gasteiger partial charge on any atom is 0.260 e. The van der Waals surface area contributed by atoms with Crippen LogP contribution in [0.3, 0.4) is 0 Å². The van der Waals surface area contributed by atoms with Crippen molar-refractivity contribution < 1.29 is 14.3 Å². The van der Waals surface area contributed by atoms with Gasteiger partial charge in [-0.25, -0.2) is 4.98 Å². The number of hydrogen-bond donors (Lipinski definition) is 2. The maximum atomic E-state index is 12.7. The van der Waals surface area contributed by atoms with E-state index >= 15 is 0 Å². The Bertz CT molecular complexity index is 1160. The predicted molar refractivity (Wildman–Crippen MR) is 120 cm³/mol. The van der Waals surface area contributed by atoms with Crippen molar-refractivity contribution in [2.24, 2.45) is 5.92 Å². The van der Waals surface area contributed by atoms with Crippen LogP contribution < -0.4 is 20.3 Å². The highest BCUT2D eigenvalue weighted by molar-refractivity contribution is 7.99. The van der Waals surface area contributed by atoms with Crippen molar-refractivity contribution in [2.75, 3.05) is 25.3 Å². The number of hydrogen-bond acceptors (Lipinski definition) is 7. The number of anilines is 1. The number of thioether (sulfide) groups is 1. The van der Waals surface area contributed by atoms with Crippen LogP contribution in [0.2, 0.25) is 0 Å². The summed E-state index contributed by atoms with van der Waals surface area (Å²) in [4.78, 5) is 34.6. The number of thiophene rings is 1. The lowest BCUT2D eigenvalue weighted by Gasteiger charge is -2.17. The van der Waals surface area contributed by atoms with Crippen LogP contribution in [0.1, 0.15) is 23.8 Å². The van der Waals surface area contributed by atoms with Crippen molar-refractivity contribution in [3.63, 3.8) is 0 Å². The third-order valence-corrected chi connectivity index (χ3v) is 7.19. The van der Waals surface area contributed by atoms with E-state index in [0.717, 1.165) is 35.0 Å². The van der Waals surface area contributed by atoms with Crippen LogP contribution in [0.15, 0.2) is 28.2 Å². The lowest BCUT2D eigenvalue weighted by atomic mass is 9.89. The fourth-order valence-corrected chi connectivity index (χ4v) is 5.72. The van der Waals surface area contributed by atoms with E-state index in [2.05, 4.69) is 22.2 Å². The Labute approximate surface area is 182 Å². The van der Waals surface area contributed by atoms with E-state index in [9.17, 15) is 9.59 Å². The first-order valence-corrected chi connectivity index (χ1v) is 11.5. The molecule has 0 bridgehead atoms. The first kappa shape index (κ1) is 20.7. The summed E-state index contributed by atoms with van der Waals surface area (Å²) in [7, 11) is 3.10. The summed E-state index contributed by atoms with van der Waals surface area (Å²) in [6.07, 6.45) is 3.04. The summed E-state index contributed by atoms with van der Waals surface area (Å²) < 4.78 is 10.5. The topological polar surface area (TPSA) is 93.3 Å². The molecule has 1 aliphatic carbocycles. The largest absolute Gasteiger partial charge is 0.497 e. The molecule has 1 aliphatic rings. The number of nitrogens with one attached hydrogen (secondary N) is 2. The van der Waals surface area contributed by atoms with Crippen molar-refractivity contribution in [2.45, 2.75) is 31.3 Å². The van der Waals surface area contributed by atoms with Crippen LogP contribution in [0, 0.1) is 5.92 Å². The lowest BCUT2D eigenvalue weighted by molar-refractivity contribution is -0.113. The van der Waals surface area contributed by atoms with Crippen molar-refractivity contribution >= 4 is 44.9 Å². The van der Waals surface area contributed by atoms with Gasteiger partial charge in [-0.3, -0.25) is 9.59 Å². The Morgan fingerprint density at radius 3 is 2.97 bits per heavy atom. The van der Waals surface area contributed by atoms with Crippen molar-refractivity contribution in [3.8, 4) is 11.5 Å². The second-order valence-corrected chi connectivity index (χ2v) is 9.35. The second-order valence-electron chi connectivity index (χ2n) is 7.31. The van der Waals surface area contributed by atoms with Gasteiger partial charge < -0.3 is 19.8 Å². The SMILES string of the molecule is COc1ccc(NC(=O)CSc2nc3sc4c(c3c(=O)[nH]2)CC[C@@H](C)C4)c(OC)c1. The molecule has 2 aromatic heterocycles. The summed E-state index contributed by atoms with van der Waals surface area (Å²) in [5.41, 5.74) is 1.59. The molecule has 0 saturated heterocycles. The van der Waals surface area contributed by atoms with Gasteiger partial charge in [0, 0.05) is 10.9 Å². The first-order valence-electron chi connectivity index (χ1n) is 9.67. The molecule has 1 atom stereocenters. The molecule has 2 heterocycles. The number of methoxy groups -OCH3 is 2. The third kappa shape index (κ3) is 4.17. The zero-order valence-corrected chi connectivity index (χ0v) is 18.7. The van der Waals surface area contributed by atoms with Gasteiger partial charge in [0.15, 0.2) is 5.16 Å². The highest BCUT2D eigenvalue weighted by Gasteiger charge is 2.23. The molecule has 0 aliphatic heterocycles. The van der Waals surface area contributed by atoms with E-state index in [0.29, 0.717) is 28.3 Å². The number of carbonyl (C=O) groups is 1. The molecule has 1 aromatic carbocycles. The minimum atomic E-state index is -0.217. The van der Waals surface area contributed by atoms with Crippen molar-refractivity contribution in [1.29, 1.82) is 0 Å². The van der Waals surface area contributed by atoms with Gasteiger partial charge in [-0.15, -0.1) is 11.3 Å². The van der Waals surface area contributed by atoms with Crippen LogP contribution in [0.25, 0.3) is 10.2 Å². The summed E-state index contributed by atoms with van der Waals surface area (Å²) in [6, 6.07) is 5.18. The van der Waals surface area contributed by atoms with Gasteiger partial charge >= 0.3 is 0 Å². The monoisotopic (exact) mass is 445 g/mol. The fraction of sp³-hybridized carbons (Fsp3) is 0.381. The average molecular weight is 446 g/mol. The highest BCUT2D eigenvalue weighted by Crippen LogP contribution is 2.36. The number of aromatic nitrogens is 2. The number of ether oxygens (including phenoxy) is 2. The van der Waals surface area contributed by atoms with Crippen LogP contribution in [-0.2, 0) is 17.6 Å². The molecule has 0 unspecified atom stereocenters. The molecule has 0 spiro atoms. The summed E-state index contributed by atoms with van der Waals surface area (Å²) in [5, 5.41) is 4.00. The molecule has 4 rings (SSSR count). The Morgan fingerprint density at radius 1 is 1.37 bits per heavy atom. The van der Waals surface area contributed by atoms with Crippen LogP contribution in [-0.4, -0.2) is 35.8 Å². The number of H-pyrrole nitrogens is 1. The number of aryl methyl sites for hydroxylation is 1. The van der Waals surface area contributed by atoms with Crippen LogP contribution in [0.5, 0.6) is 11.5 Å². The first-order chi connectivity index (χ1) is 14.5. The number of nitrogens with zero attached hydrogens (tertiary/aromatic N) is 1. The Balaban J connectivity index is 1.47. The van der Waals surface area contributed by atoms with Gasteiger partial charge in [-0.05, 0) is 42.9 Å². The second kappa shape index (κ2) is 8.69. The van der Waals surface area contributed by atoms with E-state index < -0.39 is 0 Å². The van der Waals surface area contributed by atoms with Gasteiger partial charge in [-0.1, -0.05) is 18.7 Å². The lowest BCUT2D eigenvalue weighted by Crippen LogP contribution is -2.16. The number of carbonyl (C=O) groups excluding carboxylic acids is 1. The van der Waals surface area contributed by atoms with E-state index in [1.807, 2.05) is 0 Å². The molecule has 0 fully saturated rings. The number of fused-ring (bicyclic) bond motifs is 3. The molecule has 0 radical (unpaired) electrons. The molecule has 0 saturated carbocycles. The minimum absolute atomic E-state index is 0.117. The Hall–Kier alpha value is -2.52. The van der Waals surface area contributed by atoms with Crippen molar-refractivity contribution in [3.05, 3.63) is 39.0 Å². The fourth-order valence-electron chi connectivity index (χ4n) is 3.62.